The van der Waals surface area contributed by atoms with Crippen molar-refractivity contribution in [2.24, 2.45) is 10.4 Å². The highest BCUT2D eigenvalue weighted by Gasteiger charge is 2.27. The molecule has 1 amide bonds. The molecule has 0 bridgehead atoms. The van der Waals surface area contributed by atoms with Gasteiger partial charge >= 0.3 is 0 Å². The number of amides is 1. The number of aliphatic imine (C=N–C) groups is 1. The first-order valence-electron chi connectivity index (χ1n) is 9.26. The summed E-state index contributed by atoms with van der Waals surface area (Å²) in [4.78, 5) is 16.7. The molecule has 1 aromatic rings. The highest BCUT2D eigenvalue weighted by atomic mass is 127. The maximum Gasteiger partial charge on any atom is 0.227 e. The number of halogens is 1. The molecule has 0 aliphatic rings. The second kappa shape index (κ2) is 12.1. The molecule has 0 saturated heterocycles. The highest BCUT2D eigenvalue weighted by molar-refractivity contribution is 14.0. The molecule has 1 unspecified atom stereocenters. The van der Waals surface area contributed by atoms with Crippen LogP contribution in [-0.2, 0) is 11.2 Å². The SMILES string of the molecule is CCNC(=O)C(C)(C)CN=C(NCC)NC(C)c1ccc(CC)cc1.I. The van der Waals surface area contributed by atoms with Crippen LogP contribution in [0.3, 0.4) is 0 Å². The molecule has 0 aliphatic carbocycles. The summed E-state index contributed by atoms with van der Waals surface area (Å²) in [6.07, 6.45) is 1.04. The molecule has 0 aromatic heterocycles. The number of nitrogens with zero attached hydrogens (tertiary/aromatic N) is 1. The number of carbonyl (C=O) groups is 1. The van der Waals surface area contributed by atoms with Crippen molar-refractivity contribution < 1.29 is 4.79 Å². The number of benzene rings is 1. The van der Waals surface area contributed by atoms with Gasteiger partial charge in [0, 0.05) is 13.1 Å². The Morgan fingerprint density at radius 3 is 2.15 bits per heavy atom. The molecule has 3 N–H and O–H groups in total. The van der Waals surface area contributed by atoms with Gasteiger partial charge in [0.05, 0.1) is 18.0 Å². The van der Waals surface area contributed by atoms with Crippen LogP contribution < -0.4 is 16.0 Å². The summed E-state index contributed by atoms with van der Waals surface area (Å²) in [6.45, 7) is 13.9. The van der Waals surface area contributed by atoms with Gasteiger partial charge in [-0.1, -0.05) is 31.2 Å². The minimum absolute atomic E-state index is 0. The topological polar surface area (TPSA) is 65.5 Å². The van der Waals surface area contributed by atoms with Crippen molar-refractivity contribution in [3.63, 3.8) is 0 Å². The van der Waals surface area contributed by atoms with Crippen molar-refractivity contribution in [1.29, 1.82) is 0 Å². The van der Waals surface area contributed by atoms with Gasteiger partial charge in [-0.3, -0.25) is 9.79 Å². The van der Waals surface area contributed by atoms with E-state index in [-0.39, 0.29) is 35.9 Å². The molecule has 6 heteroatoms. The van der Waals surface area contributed by atoms with Crippen LogP contribution in [0, 0.1) is 5.41 Å². The van der Waals surface area contributed by atoms with Crippen molar-refractivity contribution >= 4 is 35.8 Å². The molecule has 148 valence electrons. The minimum atomic E-state index is -0.537. The predicted octanol–water partition coefficient (Wildman–Crippen LogP) is 3.65. The second-order valence-electron chi connectivity index (χ2n) is 6.90. The number of guanidine groups is 1. The fourth-order valence-electron chi connectivity index (χ4n) is 2.40. The van der Waals surface area contributed by atoms with Gasteiger partial charge in [0.1, 0.15) is 0 Å². The molecule has 26 heavy (non-hydrogen) atoms. The van der Waals surface area contributed by atoms with E-state index in [9.17, 15) is 4.79 Å². The van der Waals surface area contributed by atoms with E-state index in [1.165, 1.54) is 11.1 Å². The first-order valence-corrected chi connectivity index (χ1v) is 9.26. The lowest BCUT2D eigenvalue weighted by Crippen LogP contribution is -2.42. The van der Waals surface area contributed by atoms with Gasteiger partial charge in [0.25, 0.3) is 0 Å². The number of aryl methyl sites for hydroxylation is 1. The maximum atomic E-state index is 12.1. The quantitative estimate of drug-likeness (QED) is 0.306. The maximum absolute atomic E-state index is 12.1. The summed E-state index contributed by atoms with van der Waals surface area (Å²) in [5.74, 6) is 0.754. The standard InChI is InChI=1S/C20H34N4O.HI/c1-7-16-10-12-17(13-11-16)15(4)24-19(22-9-3)23-14-20(5,6)18(25)21-8-2;/h10-13,15H,7-9,14H2,1-6H3,(H,21,25)(H2,22,23,24);1H. The Bertz CT molecular complexity index is 570. The van der Waals surface area contributed by atoms with Crippen LogP contribution in [-0.4, -0.2) is 31.5 Å². The van der Waals surface area contributed by atoms with Crippen LogP contribution in [0.5, 0.6) is 0 Å². The molecule has 0 spiro atoms. The van der Waals surface area contributed by atoms with E-state index in [0.29, 0.717) is 13.1 Å². The Morgan fingerprint density at radius 2 is 1.65 bits per heavy atom. The molecule has 1 aromatic carbocycles. The van der Waals surface area contributed by atoms with Crippen molar-refractivity contribution in [2.75, 3.05) is 19.6 Å². The number of hydrogen-bond acceptors (Lipinski definition) is 2. The monoisotopic (exact) mass is 474 g/mol. The Kier molecular flexibility index (Phi) is 11.5. The predicted molar refractivity (Wildman–Crippen MR) is 121 cm³/mol. The molecule has 0 fully saturated rings. The van der Waals surface area contributed by atoms with E-state index < -0.39 is 5.41 Å². The summed E-state index contributed by atoms with van der Waals surface area (Å²) < 4.78 is 0. The van der Waals surface area contributed by atoms with Crippen molar-refractivity contribution in [3.8, 4) is 0 Å². The molecule has 1 rings (SSSR count). The van der Waals surface area contributed by atoms with E-state index in [4.69, 9.17) is 0 Å². The highest BCUT2D eigenvalue weighted by Crippen LogP contribution is 2.16. The van der Waals surface area contributed by atoms with Crippen LogP contribution in [0.4, 0.5) is 0 Å². The third kappa shape index (κ3) is 7.93. The van der Waals surface area contributed by atoms with Crippen molar-refractivity contribution in [3.05, 3.63) is 35.4 Å². The lowest BCUT2D eigenvalue weighted by Gasteiger charge is -2.23. The fourth-order valence-corrected chi connectivity index (χ4v) is 2.40. The minimum Gasteiger partial charge on any atom is -0.357 e. The van der Waals surface area contributed by atoms with E-state index in [1.54, 1.807) is 0 Å². The van der Waals surface area contributed by atoms with E-state index in [1.807, 2.05) is 27.7 Å². The second-order valence-corrected chi connectivity index (χ2v) is 6.90. The molecule has 0 saturated carbocycles. The van der Waals surface area contributed by atoms with Gasteiger partial charge in [-0.25, -0.2) is 0 Å². The smallest absolute Gasteiger partial charge is 0.227 e. The zero-order valence-corrected chi connectivity index (χ0v) is 19.3. The Morgan fingerprint density at radius 1 is 1.08 bits per heavy atom. The van der Waals surface area contributed by atoms with Crippen LogP contribution in [0.1, 0.15) is 58.7 Å². The summed E-state index contributed by atoms with van der Waals surface area (Å²) in [5, 5.41) is 9.55. The third-order valence-electron chi connectivity index (χ3n) is 4.17. The Labute approximate surface area is 175 Å². The van der Waals surface area contributed by atoms with E-state index >= 15 is 0 Å². The lowest BCUT2D eigenvalue weighted by molar-refractivity contribution is -0.128. The molecule has 1 atom stereocenters. The number of nitrogens with one attached hydrogen (secondary N) is 3. The zero-order valence-electron chi connectivity index (χ0n) is 17.0. The lowest BCUT2D eigenvalue weighted by atomic mass is 9.92. The molecular weight excluding hydrogens is 439 g/mol. The molecular formula is C20H35IN4O. The number of rotatable bonds is 8. The van der Waals surface area contributed by atoms with Crippen molar-refractivity contribution in [1.82, 2.24) is 16.0 Å². The summed E-state index contributed by atoms with van der Waals surface area (Å²) in [6, 6.07) is 8.76. The van der Waals surface area contributed by atoms with Gasteiger partial charge in [0.2, 0.25) is 5.91 Å². The van der Waals surface area contributed by atoms with Crippen molar-refractivity contribution in [2.45, 2.75) is 54.0 Å². The molecule has 0 heterocycles. The Balaban J connectivity index is 0.00000625. The van der Waals surface area contributed by atoms with E-state index in [2.05, 4.69) is 59.1 Å². The van der Waals surface area contributed by atoms with Crippen LogP contribution in [0.25, 0.3) is 0 Å². The van der Waals surface area contributed by atoms with Crippen LogP contribution >= 0.6 is 24.0 Å². The fraction of sp³-hybridized carbons (Fsp3) is 0.600. The van der Waals surface area contributed by atoms with Gasteiger partial charge in [0.15, 0.2) is 5.96 Å². The summed E-state index contributed by atoms with van der Waals surface area (Å²) in [5.41, 5.74) is 2.01. The van der Waals surface area contributed by atoms with E-state index in [0.717, 1.165) is 18.9 Å². The van der Waals surface area contributed by atoms with Crippen LogP contribution in [0.15, 0.2) is 29.3 Å². The summed E-state index contributed by atoms with van der Waals surface area (Å²) in [7, 11) is 0. The number of hydrogen-bond donors (Lipinski definition) is 3. The molecule has 5 nitrogen and oxygen atoms in total. The average molecular weight is 474 g/mol. The number of carbonyl (C=O) groups excluding carboxylic acids is 1. The third-order valence-corrected chi connectivity index (χ3v) is 4.17. The first kappa shape index (κ1) is 24.7. The largest absolute Gasteiger partial charge is 0.357 e. The van der Waals surface area contributed by atoms with Gasteiger partial charge in [-0.2, -0.15) is 0 Å². The van der Waals surface area contributed by atoms with Gasteiger partial charge in [-0.15, -0.1) is 24.0 Å². The molecule has 0 aliphatic heterocycles. The first-order chi connectivity index (χ1) is 11.8. The van der Waals surface area contributed by atoms with Gasteiger partial charge < -0.3 is 16.0 Å². The summed E-state index contributed by atoms with van der Waals surface area (Å²) >= 11 is 0. The average Bonchev–Trinajstić information content (AvgIpc) is 2.60. The molecule has 0 radical (unpaired) electrons. The van der Waals surface area contributed by atoms with Crippen LogP contribution in [0.2, 0.25) is 0 Å². The zero-order chi connectivity index (χ0) is 18.9. The Hall–Kier alpha value is -1.31. The van der Waals surface area contributed by atoms with Gasteiger partial charge in [-0.05, 0) is 52.2 Å². The normalized spacial score (nSPS) is 12.8.